The lowest BCUT2D eigenvalue weighted by Crippen LogP contribution is -2.36. The van der Waals surface area contributed by atoms with E-state index in [1.54, 1.807) is 0 Å². The van der Waals surface area contributed by atoms with Crippen molar-refractivity contribution in [3.63, 3.8) is 0 Å². The summed E-state index contributed by atoms with van der Waals surface area (Å²) in [6.45, 7) is 5.25. The number of hydrogen-bond donors (Lipinski definition) is 0. The van der Waals surface area contributed by atoms with Gasteiger partial charge in [-0.15, -0.1) is 5.92 Å². The van der Waals surface area contributed by atoms with Crippen LogP contribution in [-0.2, 0) is 4.74 Å². The van der Waals surface area contributed by atoms with Gasteiger partial charge in [-0.05, 0) is 19.1 Å². The fraction of sp³-hybridized carbons (Fsp3) is 0.417. The largest absolute Gasteiger partial charge is 0.378 e. The first-order valence-electron chi connectivity index (χ1n) is 5.11. The van der Waals surface area contributed by atoms with Gasteiger partial charge >= 0.3 is 0 Å². The quantitative estimate of drug-likeness (QED) is 0.642. The molecule has 2 heterocycles. The third-order valence-electron chi connectivity index (χ3n) is 2.35. The van der Waals surface area contributed by atoms with Gasteiger partial charge in [0.15, 0.2) is 0 Å². The average molecular weight is 202 g/mol. The van der Waals surface area contributed by atoms with E-state index in [0.717, 1.165) is 37.7 Å². The SMILES string of the molecule is CC#Cc1ccc(N2CCOCC2)nc1. The summed E-state index contributed by atoms with van der Waals surface area (Å²) in [7, 11) is 0. The summed E-state index contributed by atoms with van der Waals surface area (Å²) < 4.78 is 5.29. The maximum absolute atomic E-state index is 5.29. The van der Waals surface area contributed by atoms with Gasteiger partial charge in [0.2, 0.25) is 0 Å². The molecule has 0 amide bonds. The molecule has 0 bridgehead atoms. The van der Waals surface area contributed by atoms with Gasteiger partial charge in [0.05, 0.1) is 13.2 Å². The fourth-order valence-corrected chi connectivity index (χ4v) is 1.58. The van der Waals surface area contributed by atoms with Gasteiger partial charge in [0, 0.05) is 24.8 Å². The van der Waals surface area contributed by atoms with Gasteiger partial charge in [0.1, 0.15) is 5.82 Å². The van der Waals surface area contributed by atoms with E-state index in [1.807, 2.05) is 25.3 Å². The smallest absolute Gasteiger partial charge is 0.128 e. The first kappa shape index (κ1) is 10.0. The van der Waals surface area contributed by atoms with Gasteiger partial charge in [0.25, 0.3) is 0 Å². The van der Waals surface area contributed by atoms with Crippen LogP contribution in [0.25, 0.3) is 0 Å². The summed E-state index contributed by atoms with van der Waals surface area (Å²) in [5, 5.41) is 0. The maximum Gasteiger partial charge on any atom is 0.128 e. The van der Waals surface area contributed by atoms with Crippen LogP contribution in [0.15, 0.2) is 18.3 Å². The standard InChI is InChI=1S/C12H14N2O/c1-2-3-11-4-5-12(13-10-11)14-6-8-15-9-7-14/h4-5,10H,6-9H2,1H3. The van der Waals surface area contributed by atoms with Crippen molar-refractivity contribution in [3.8, 4) is 11.8 Å². The summed E-state index contributed by atoms with van der Waals surface area (Å²) in [4.78, 5) is 6.62. The Morgan fingerprint density at radius 2 is 2.13 bits per heavy atom. The van der Waals surface area contributed by atoms with Crippen LogP contribution in [0.4, 0.5) is 5.82 Å². The molecule has 0 N–H and O–H groups in total. The van der Waals surface area contributed by atoms with Crippen molar-refractivity contribution >= 4 is 5.82 Å². The summed E-state index contributed by atoms with van der Waals surface area (Å²) in [6.07, 6.45) is 1.82. The molecule has 0 radical (unpaired) electrons. The van der Waals surface area contributed by atoms with Crippen LogP contribution in [0, 0.1) is 11.8 Å². The van der Waals surface area contributed by atoms with Crippen molar-refractivity contribution in [3.05, 3.63) is 23.9 Å². The van der Waals surface area contributed by atoms with Crippen molar-refractivity contribution < 1.29 is 4.74 Å². The van der Waals surface area contributed by atoms with Crippen LogP contribution in [0.3, 0.4) is 0 Å². The molecule has 0 atom stereocenters. The number of nitrogens with zero attached hydrogens (tertiary/aromatic N) is 2. The maximum atomic E-state index is 5.29. The van der Waals surface area contributed by atoms with Gasteiger partial charge in [-0.1, -0.05) is 5.92 Å². The minimum Gasteiger partial charge on any atom is -0.378 e. The highest BCUT2D eigenvalue weighted by molar-refractivity contribution is 5.43. The number of aromatic nitrogens is 1. The Hall–Kier alpha value is -1.53. The van der Waals surface area contributed by atoms with Crippen LogP contribution in [0.1, 0.15) is 12.5 Å². The van der Waals surface area contributed by atoms with E-state index in [9.17, 15) is 0 Å². The number of pyridine rings is 1. The molecule has 78 valence electrons. The minimum atomic E-state index is 0.790. The zero-order valence-electron chi connectivity index (χ0n) is 8.86. The number of morpholine rings is 1. The fourth-order valence-electron chi connectivity index (χ4n) is 1.58. The first-order valence-corrected chi connectivity index (χ1v) is 5.11. The lowest BCUT2D eigenvalue weighted by Gasteiger charge is -2.27. The Bertz CT molecular complexity index is 369. The van der Waals surface area contributed by atoms with Gasteiger partial charge in [-0.2, -0.15) is 0 Å². The van der Waals surface area contributed by atoms with Crippen molar-refractivity contribution in [1.82, 2.24) is 4.98 Å². The third-order valence-corrected chi connectivity index (χ3v) is 2.35. The molecule has 1 aromatic heterocycles. The van der Waals surface area contributed by atoms with Crippen molar-refractivity contribution in [2.24, 2.45) is 0 Å². The summed E-state index contributed by atoms with van der Waals surface area (Å²) in [6, 6.07) is 4.03. The molecule has 0 saturated carbocycles. The molecule has 1 saturated heterocycles. The third kappa shape index (κ3) is 2.48. The summed E-state index contributed by atoms with van der Waals surface area (Å²) in [5.41, 5.74) is 0.967. The van der Waals surface area contributed by atoms with Gasteiger partial charge in [-0.3, -0.25) is 0 Å². The van der Waals surface area contributed by atoms with Crippen molar-refractivity contribution in [1.29, 1.82) is 0 Å². The molecule has 2 rings (SSSR count). The molecule has 3 heteroatoms. The highest BCUT2D eigenvalue weighted by Gasteiger charge is 2.11. The van der Waals surface area contributed by atoms with Crippen LogP contribution in [0.5, 0.6) is 0 Å². The van der Waals surface area contributed by atoms with Gasteiger partial charge in [-0.25, -0.2) is 4.98 Å². The number of rotatable bonds is 1. The molecule has 1 aromatic rings. The molecule has 0 aromatic carbocycles. The highest BCUT2D eigenvalue weighted by atomic mass is 16.5. The number of anilines is 1. The lowest BCUT2D eigenvalue weighted by atomic mass is 10.3. The first-order chi connectivity index (χ1) is 7.40. The number of hydrogen-bond acceptors (Lipinski definition) is 3. The second-order valence-electron chi connectivity index (χ2n) is 3.38. The zero-order chi connectivity index (χ0) is 10.5. The molecule has 0 aliphatic carbocycles. The lowest BCUT2D eigenvalue weighted by molar-refractivity contribution is 0.122. The molecule has 0 spiro atoms. The van der Waals surface area contributed by atoms with E-state index in [0.29, 0.717) is 0 Å². The highest BCUT2D eigenvalue weighted by Crippen LogP contribution is 2.12. The molecule has 15 heavy (non-hydrogen) atoms. The van der Waals surface area contributed by atoms with E-state index in [-0.39, 0.29) is 0 Å². The molecule has 3 nitrogen and oxygen atoms in total. The van der Waals surface area contributed by atoms with E-state index < -0.39 is 0 Å². The van der Waals surface area contributed by atoms with Crippen molar-refractivity contribution in [2.45, 2.75) is 6.92 Å². The second kappa shape index (κ2) is 4.81. The molecule has 1 aliphatic rings. The van der Waals surface area contributed by atoms with E-state index in [2.05, 4.69) is 21.7 Å². The molecule has 0 unspecified atom stereocenters. The Morgan fingerprint density at radius 1 is 1.33 bits per heavy atom. The van der Waals surface area contributed by atoms with Gasteiger partial charge < -0.3 is 9.64 Å². The van der Waals surface area contributed by atoms with Crippen LogP contribution < -0.4 is 4.90 Å². The summed E-state index contributed by atoms with van der Waals surface area (Å²) in [5.74, 6) is 6.86. The minimum absolute atomic E-state index is 0.790. The Balaban J connectivity index is 2.10. The molecule has 1 fully saturated rings. The van der Waals surface area contributed by atoms with E-state index >= 15 is 0 Å². The van der Waals surface area contributed by atoms with Crippen LogP contribution >= 0.6 is 0 Å². The topological polar surface area (TPSA) is 25.4 Å². The molecular weight excluding hydrogens is 188 g/mol. The van der Waals surface area contributed by atoms with Crippen LogP contribution in [-0.4, -0.2) is 31.3 Å². The Labute approximate surface area is 90.1 Å². The second-order valence-corrected chi connectivity index (χ2v) is 3.38. The van der Waals surface area contributed by atoms with Crippen molar-refractivity contribution in [2.75, 3.05) is 31.2 Å². The predicted octanol–water partition coefficient (Wildman–Crippen LogP) is 1.29. The normalized spacial score (nSPS) is 15.7. The Morgan fingerprint density at radius 3 is 2.73 bits per heavy atom. The van der Waals surface area contributed by atoms with E-state index in [4.69, 9.17) is 4.74 Å². The predicted molar refractivity (Wildman–Crippen MR) is 59.8 cm³/mol. The van der Waals surface area contributed by atoms with Crippen LogP contribution in [0.2, 0.25) is 0 Å². The monoisotopic (exact) mass is 202 g/mol. The molecular formula is C12H14N2O. The molecule has 1 aliphatic heterocycles. The Kier molecular flexibility index (Phi) is 3.21. The van der Waals surface area contributed by atoms with E-state index in [1.165, 1.54) is 0 Å². The zero-order valence-corrected chi connectivity index (χ0v) is 8.86. The summed E-state index contributed by atoms with van der Waals surface area (Å²) >= 11 is 0. The average Bonchev–Trinajstić information content (AvgIpc) is 2.32. The number of ether oxygens (including phenoxy) is 1.